The van der Waals surface area contributed by atoms with Crippen LogP contribution in [0.15, 0.2) is 41.4 Å². The maximum absolute atomic E-state index is 12.9. The van der Waals surface area contributed by atoms with Gasteiger partial charge in [0.05, 0.1) is 22.0 Å². The largest absolute Gasteiger partial charge is 0.348 e. The number of imidazole rings is 1. The molecule has 3 heterocycles. The van der Waals surface area contributed by atoms with E-state index < -0.39 is 10.0 Å². The second kappa shape index (κ2) is 7.55. The van der Waals surface area contributed by atoms with Crippen LogP contribution in [0.25, 0.3) is 11.0 Å². The van der Waals surface area contributed by atoms with Crippen LogP contribution in [0.1, 0.15) is 30.9 Å². The van der Waals surface area contributed by atoms with Crippen molar-refractivity contribution in [3.05, 3.63) is 48.0 Å². The van der Waals surface area contributed by atoms with Crippen LogP contribution in [-0.4, -0.2) is 58.3 Å². The first-order chi connectivity index (χ1) is 14.2. The normalized spacial score (nSPS) is 17.0. The van der Waals surface area contributed by atoms with Gasteiger partial charge in [0.1, 0.15) is 5.82 Å². The van der Waals surface area contributed by atoms with Gasteiger partial charge in [-0.2, -0.15) is 0 Å². The first-order valence-corrected chi connectivity index (χ1v) is 11.5. The Kier molecular flexibility index (Phi) is 5.19. The Hall–Kier alpha value is -2.65. The molecule has 0 fully saturated rings. The van der Waals surface area contributed by atoms with Crippen molar-refractivity contribution in [3.8, 4) is 0 Å². The van der Waals surface area contributed by atoms with Gasteiger partial charge in [0.15, 0.2) is 0 Å². The second-order valence-corrected chi connectivity index (χ2v) is 10.1. The van der Waals surface area contributed by atoms with E-state index in [4.69, 9.17) is 0 Å². The fourth-order valence-corrected chi connectivity index (χ4v) is 5.03. The molecule has 1 amide bonds. The molecule has 1 unspecified atom stereocenters. The molecular weight excluding hydrogens is 402 g/mol. The summed E-state index contributed by atoms with van der Waals surface area (Å²) >= 11 is 0. The molecule has 9 heteroatoms. The maximum Gasteiger partial charge on any atom is 0.242 e. The predicted molar refractivity (Wildman–Crippen MR) is 114 cm³/mol. The number of benzene rings is 1. The number of rotatable bonds is 5. The number of nitrogens with zero attached hydrogens (tertiary/aromatic N) is 5. The Morgan fingerprint density at radius 1 is 1.23 bits per heavy atom. The van der Waals surface area contributed by atoms with Crippen molar-refractivity contribution < 1.29 is 13.2 Å². The van der Waals surface area contributed by atoms with Gasteiger partial charge in [-0.1, -0.05) is 0 Å². The standard InChI is InChI=1S/C21H27N5O3S/c1-15-18-6-5-11-25(18)12-13-26(15)21(27)10-9-20-22-17-14-16(30(28,29)23(2)3)7-8-19(17)24(20)4/h5-8,11,14-15H,9-10,12-13H2,1-4H3. The van der Waals surface area contributed by atoms with Crippen molar-refractivity contribution in [2.75, 3.05) is 20.6 Å². The molecule has 0 saturated carbocycles. The lowest BCUT2D eigenvalue weighted by atomic mass is 10.1. The van der Waals surface area contributed by atoms with Gasteiger partial charge in [-0.3, -0.25) is 4.79 Å². The smallest absolute Gasteiger partial charge is 0.242 e. The van der Waals surface area contributed by atoms with Crippen LogP contribution in [0.2, 0.25) is 0 Å². The summed E-state index contributed by atoms with van der Waals surface area (Å²) in [5, 5.41) is 0. The third-order valence-electron chi connectivity index (χ3n) is 5.95. The Morgan fingerprint density at radius 3 is 2.73 bits per heavy atom. The van der Waals surface area contributed by atoms with Gasteiger partial charge in [0.2, 0.25) is 15.9 Å². The van der Waals surface area contributed by atoms with Crippen LogP contribution < -0.4 is 0 Å². The molecule has 0 N–H and O–H groups in total. The van der Waals surface area contributed by atoms with Gasteiger partial charge in [-0.05, 0) is 37.3 Å². The number of aromatic nitrogens is 3. The van der Waals surface area contributed by atoms with Crippen molar-refractivity contribution in [1.29, 1.82) is 0 Å². The SMILES string of the molecule is CC1c2cccn2CCN1C(=O)CCc1nc2cc(S(=O)(=O)N(C)C)ccc2n1C. The predicted octanol–water partition coefficient (Wildman–Crippen LogP) is 2.16. The topological polar surface area (TPSA) is 80.4 Å². The quantitative estimate of drug-likeness (QED) is 0.623. The highest BCUT2D eigenvalue weighted by molar-refractivity contribution is 7.89. The molecular formula is C21H27N5O3S. The summed E-state index contributed by atoms with van der Waals surface area (Å²) in [4.78, 5) is 19.7. The number of carbonyl (C=O) groups excluding carboxylic acids is 1. The van der Waals surface area contributed by atoms with Crippen LogP contribution in [0.4, 0.5) is 0 Å². The summed E-state index contributed by atoms with van der Waals surface area (Å²) in [7, 11) is 1.39. The lowest BCUT2D eigenvalue weighted by molar-refractivity contribution is -0.134. The van der Waals surface area contributed by atoms with Crippen LogP contribution in [0.3, 0.4) is 0 Å². The summed E-state index contributed by atoms with van der Waals surface area (Å²) in [5.41, 5.74) is 2.62. The monoisotopic (exact) mass is 429 g/mol. The molecule has 8 nitrogen and oxygen atoms in total. The van der Waals surface area contributed by atoms with Crippen molar-refractivity contribution in [3.63, 3.8) is 0 Å². The molecule has 1 aliphatic rings. The van der Waals surface area contributed by atoms with E-state index in [1.54, 1.807) is 18.2 Å². The van der Waals surface area contributed by atoms with Gasteiger partial charge in [-0.25, -0.2) is 17.7 Å². The van der Waals surface area contributed by atoms with E-state index in [0.717, 1.165) is 23.6 Å². The minimum Gasteiger partial charge on any atom is -0.348 e. The maximum atomic E-state index is 12.9. The van der Waals surface area contributed by atoms with Crippen LogP contribution >= 0.6 is 0 Å². The summed E-state index contributed by atoms with van der Waals surface area (Å²) in [5.74, 6) is 0.878. The summed E-state index contributed by atoms with van der Waals surface area (Å²) in [6.45, 7) is 3.58. The van der Waals surface area contributed by atoms with E-state index >= 15 is 0 Å². The van der Waals surface area contributed by atoms with E-state index in [1.807, 2.05) is 22.6 Å². The number of aryl methyl sites for hydroxylation is 2. The van der Waals surface area contributed by atoms with E-state index in [-0.39, 0.29) is 16.8 Å². The lowest BCUT2D eigenvalue weighted by Crippen LogP contribution is -2.40. The van der Waals surface area contributed by atoms with Crippen LogP contribution in [0.5, 0.6) is 0 Å². The molecule has 0 bridgehead atoms. The molecule has 2 aromatic heterocycles. The highest BCUT2D eigenvalue weighted by Crippen LogP contribution is 2.26. The number of sulfonamides is 1. The van der Waals surface area contributed by atoms with Gasteiger partial charge in [-0.15, -0.1) is 0 Å². The zero-order chi connectivity index (χ0) is 21.6. The van der Waals surface area contributed by atoms with Gasteiger partial charge in [0, 0.05) is 59.0 Å². The van der Waals surface area contributed by atoms with Crippen LogP contribution in [-0.2, 0) is 34.8 Å². The highest BCUT2D eigenvalue weighted by atomic mass is 32.2. The van der Waals surface area contributed by atoms with E-state index in [1.165, 1.54) is 18.4 Å². The summed E-state index contributed by atoms with van der Waals surface area (Å²) in [6, 6.07) is 9.10. The molecule has 1 aliphatic heterocycles. The molecule has 1 atom stereocenters. The fraction of sp³-hybridized carbons (Fsp3) is 0.429. The number of hydrogen-bond donors (Lipinski definition) is 0. The van der Waals surface area contributed by atoms with Crippen LogP contribution in [0, 0.1) is 0 Å². The Balaban J connectivity index is 1.52. The van der Waals surface area contributed by atoms with Gasteiger partial charge < -0.3 is 14.0 Å². The average Bonchev–Trinajstić information content (AvgIpc) is 3.31. The molecule has 0 saturated heterocycles. The Bertz CT molecular complexity index is 1210. The van der Waals surface area contributed by atoms with Gasteiger partial charge in [0.25, 0.3) is 0 Å². The van der Waals surface area contributed by atoms with E-state index in [2.05, 4.69) is 28.7 Å². The van der Waals surface area contributed by atoms with E-state index in [9.17, 15) is 13.2 Å². The molecule has 30 heavy (non-hydrogen) atoms. The average molecular weight is 430 g/mol. The molecule has 160 valence electrons. The summed E-state index contributed by atoms with van der Waals surface area (Å²) in [6.07, 6.45) is 2.92. The molecule has 3 aromatic rings. The van der Waals surface area contributed by atoms with Crippen molar-refractivity contribution >= 4 is 27.0 Å². The summed E-state index contributed by atoms with van der Waals surface area (Å²) < 4.78 is 30.1. The number of amides is 1. The molecule has 1 aromatic carbocycles. The minimum absolute atomic E-state index is 0.0560. The van der Waals surface area contributed by atoms with Crippen molar-refractivity contribution in [2.45, 2.75) is 37.2 Å². The van der Waals surface area contributed by atoms with Gasteiger partial charge >= 0.3 is 0 Å². The second-order valence-electron chi connectivity index (χ2n) is 7.91. The Morgan fingerprint density at radius 2 is 2.00 bits per heavy atom. The minimum atomic E-state index is -3.52. The van der Waals surface area contributed by atoms with E-state index in [0.29, 0.717) is 24.9 Å². The third kappa shape index (κ3) is 3.41. The molecule has 0 aliphatic carbocycles. The molecule has 0 spiro atoms. The number of carbonyl (C=O) groups is 1. The van der Waals surface area contributed by atoms with Crippen molar-refractivity contribution in [2.24, 2.45) is 7.05 Å². The zero-order valence-corrected chi connectivity index (χ0v) is 18.6. The number of hydrogen-bond acceptors (Lipinski definition) is 4. The zero-order valence-electron chi connectivity index (χ0n) is 17.7. The third-order valence-corrected chi connectivity index (χ3v) is 7.76. The Labute approximate surface area is 176 Å². The fourth-order valence-electron chi connectivity index (χ4n) is 4.11. The molecule has 4 rings (SSSR count). The molecule has 0 radical (unpaired) electrons. The number of fused-ring (bicyclic) bond motifs is 2. The first-order valence-electron chi connectivity index (χ1n) is 10.0. The lowest BCUT2D eigenvalue weighted by Gasteiger charge is -2.35. The highest BCUT2D eigenvalue weighted by Gasteiger charge is 2.27. The first kappa shape index (κ1) is 20.6. The van der Waals surface area contributed by atoms with Crippen molar-refractivity contribution in [1.82, 2.24) is 23.3 Å².